The highest BCUT2D eigenvalue weighted by atomic mass is 79.9. The Kier molecular flexibility index (Phi) is 4.13. The Labute approximate surface area is 91.3 Å². The summed E-state index contributed by atoms with van der Waals surface area (Å²) in [7, 11) is 0. The van der Waals surface area contributed by atoms with Gasteiger partial charge >= 0.3 is 0 Å². The molecule has 0 saturated heterocycles. The Bertz CT molecular complexity index is 293. The Morgan fingerprint density at radius 3 is 2.85 bits per heavy atom. The summed E-state index contributed by atoms with van der Waals surface area (Å²) in [5.74, 6) is 0.748. The molecule has 0 fully saturated rings. The molecule has 0 aliphatic carbocycles. The Hall–Kier alpha value is -0.150. The fourth-order valence-corrected chi connectivity index (χ4v) is 2.59. The first-order chi connectivity index (χ1) is 6.15. The number of halogens is 1. The lowest BCUT2D eigenvalue weighted by Crippen LogP contribution is -2.03. The summed E-state index contributed by atoms with van der Waals surface area (Å²) in [6, 6.07) is 1.93. The highest BCUT2D eigenvalue weighted by Gasteiger charge is 2.13. The van der Waals surface area contributed by atoms with Crippen LogP contribution in [0.1, 0.15) is 36.4 Å². The van der Waals surface area contributed by atoms with Crippen LogP contribution >= 0.6 is 27.3 Å². The van der Waals surface area contributed by atoms with Crippen molar-refractivity contribution >= 4 is 33.0 Å². The smallest absolute Gasteiger partial charge is 0.174 e. The van der Waals surface area contributed by atoms with Crippen LogP contribution in [0.2, 0.25) is 0 Å². The predicted octanol–water partition coefficient (Wildman–Crippen LogP) is 4.13. The van der Waals surface area contributed by atoms with Gasteiger partial charge in [-0.1, -0.05) is 20.3 Å². The van der Waals surface area contributed by atoms with E-state index in [2.05, 4.69) is 29.8 Å². The van der Waals surface area contributed by atoms with Crippen LogP contribution in [-0.2, 0) is 0 Å². The lowest BCUT2D eigenvalue weighted by atomic mass is 10.0. The van der Waals surface area contributed by atoms with E-state index in [-0.39, 0.29) is 5.78 Å². The number of Topliss-reactive ketones (excluding diaryl/α,β-unsaturated/α-hetero) is 1. The lowest BCUT2D eigenvalue weighted by molar-refractivity contribution is 0.0967. The molecule has 0 amide bonds. The van der Waals surface area contributed by atoms with Gasteiger partial charge in [-0.2, -0.15) is 0 Å². The van der Waals surface area contributed by atoms with Gasteiger partial charge in [-0.05, 0) is 33.3 Å². The van der Waals surface area contributed by atoms with Crippen LogP contribution in [0.5, 0.6) is 0 Å². The molecular formula is C10H13BrOS. The molecule has 1 rings (SSSR count). The Balaban J connectivity index is 2.64. The minimum absolute atomic E-state index is 0.260. The van der Waals surface area contributed by atoms with Crippen LogP contribution in [0.3, 0.4) is 0 Å². The van der Waals surface area contributed by atoms with E-state index in [1.54, 1.807) is 0 Å². The van der Waals surface area contributed by atoms with E-state index in [1.807, 2.05) is 11.4 Å². The zero-order valence-electron chi connectivity index (χ0n) is 7.84. The standard InChI is InChI=1S/C10H13BrOS/c1-3-7(2)6-9(12)10-8(11)4-5-13-10/h4-5,7H,3,6H2,1-2H3. The SMILES string of the molecule is CCC(C)CC(=O)c1sccc1Br. The molecule has 0 saturated carbocycles. The van der Waals surface area contributed by atoms with Crippen LogP contribution in [0.15, 0.2) is 15.9 Å². The van der Waals surface area contributed by atoms with E-state index < -0.39 is 0 Å². The van der Waals surface area contributed by atoms with Crippen LogP contribution in [0, 0.1) is 5.92 Å². The number of carbonyl (C=O) groups excluding carboxylic acids is 1. The van der Waals surface area contributed by atoms with Crippen molar-refractivity contribution in [2.45, 2.75) is 26.7 Å². The van der Waals surface area contributed by atoms with Crippen molar-refractivity contribution in [1.29, 1.82) is 0 Å². The predicted molar refractivity (Wildman–Crippen MR) is 60.4 cm³/mol. The van der Waals surface area contributed by atoms with E-state index in [9.17, 15) is 4.79 Å². The Morgan fingerprint density at radius 2 is 2.38 bits per heavy atom. The second-order valence-corrected chi connectivity index (χ2v) is 5.01. The average Bonchev–Trinajstić information content (AvgIpc) is 2.51. The average molecular weight is 261 g/mol. The first kappa shape index (κ1) is 10.9. The molecule has 13 heavy (non-hydrogen) atoms. The van der Waals surface area contributed by atoms with Crippen LogP contribution < -0.4 is 0 Å². The maximum atomic E-state index is 11.7. The molecule has 0 radical (unpaired) electrons. The van der Waals surface area contributed by atoms with Crippen molar-refractivity contribution in [1.82, 2.24) is 0 Å². The number of carbonyl (C=O) groups is 1. The molecule has 1 aromatic heterocycles. The summed E-state index contributed by atoms with van der Waals surface area (Å²) in [4.78, 5) is 12.5. The summed E-state index contributed by atoms with van der Waals surface area (Å²) >= 11 is 4.88. The van der Waals surface area contributed by atoms with Crippen molar-refractivity contribution in [2.75, 3.05) is 0 Å². The first-order valence-corrected chi connectivity index (χ1v) is 6.08. The highest BCUT2D eigenvalue weighted by Crippen LogP contribution is 2.25. The molecule has 1 atom stereocenters. The van der Waals surface area contributed by atoms with Crippen molar-refractivity contribution in [3.63, 3.8) is 0 Å². The number of ketones is 1. The summed E-state index contributed by atoms with van der Waals surface area (Å²) in [5, 5.41) is 1.94. The fourth-order valence-electron chi connectivity index (χ4n) is 1.05. The zero-order chi connectivity index (χ0) is 9.84. The maximum Gasteiger partial charge on any atom is 0.174 e. The molecule has 1 nitrogen and oxygen atoms in total. The van der Waals surface area contributed by atoms with Gasteiger partial charge in [-0.25, -0.2) is 0 Å². The van der Waals surface area contributed by atoms with Gasteiger partial charge in [-0.3, -0.25) is 4.79 Å². The molecule has 0 aliphatic rings. The van der Waals surface area contributed by atoms with E-state index >= 15 is 0 Å². The van der Waals surface area contributed by atoms with Crippen LogP contribution in [-0.4, -0.2) is 5.78 Å². The summed E-state index contributed by atoms with van der Waals surface area (Å²) in [6.07, 6.45) is 1.73. The minimum atomic E-state index is 0.260. The van der Waals surface area contributed by atoms with Crippen LogP contribution in [0.4, 0.5) is 0 Å². The second-order valence-electron chi connectivity index (χ2n) is 3.24. The molecule has 0 spiro atoms. The van der Waals surface area contributed by atoms with Gasteiger partial charge in [0.05, 0.1) is 4.88 Å². The lowest BCUT2D eigenvalue weighted by Gasteiger charge is -2.05. The van der Waals surface area contributed by atoms with Gasteiger partial charge in [0.2, 0.25) is 0 Å². The monoisotopic (exact) mass is 260 g/mol. The summed E-state index contributed by atoms with van der Waals surface area (Å²) in [6.45, 7) is 4.22. The zero-order valence-corrected chi connectivity index (χ0v) is 10.2. The van der Waals surface area contributed by atoms with Crippen molar-refractivity contribution in [3.8, 4) is 0 Å². The number of thiophene rings is 1. The molecular weight excluding hydrogens is 248 g/mol. The number of hydrogen-bond donors (Lipinski definition) is 0. The molecule has 0 aliphatic heterocycles. The van der Waals surface area contributed by atoms with Crippen molar-refractivity contribution in [2.24, 2.45) is 5.92 Å². The van der Waals surface area contributed by atoms with E-state index in [1.165, 1.54) is 11.3 Å². The maximum absolute atomic E-state index is 11.7. The molecule has 1 heterocycles. The van der Waals surface area contributed by atoms with E-state index in [4.69, 9.17) is 0 Å². The minimum Gasteiger partial charge on any atom is -0.293 e. The van der Waals surface area contributed by atoms with Gasteiger partial charge in [0.25, 0.3) is 0 Å². The Morgan fingerprint density at radius 1 is 1.69 bits per heavy atom. The molecule has 1 aromatic rings. The molecule has 1 unspecified atom stereocenters. The van der Waals surface area contributed by atoms with Gasteiger partial charge in [-0.15, -0.1) is 11.3 Å². The highest BCUT2D eigenvalue weighted by molar-refractivity contribution is 9.10. The number of rotatable bonds is 4. The normalized spacial score (nSPS) is 12.8. The number of hydrogen-bond acceptors (Lipinski definition) is 2. The summed E-state index contributed by atoms with van der Waals surface area (Å²) < 4.78 is 0.936. The first-order valence-electron chi connectivity index (χ1n) is 4.41. The van der Waals surface area contributed by atoms with Gasteiger partial charge in [0, 0.05) is 10.9 Å². The molecule has 3 heteroatoms. The van der Waals surface area contributed by atoms with Crippen molar-refractivity contribution < 1.29 is 4.79 Å². The van der Waals surface area contributed by atoms with Gasteiger partial charge in [0.1, 0.15) is 0 Å². The molecule has 0 N–H and O–H groups in total. The molecule has 72 valence electrons. The van der Waals surface area contributed by atoms with Crippen molar-refractivity contribution in [3.05, 3.63) is 20.8 Å². The quantitative estimate of drug-likeness (QED) is 0.745. The third-order valence-electron chi connectivity index (χ3n) is 2.10. The topological polar surface area (TPSA) is 17.1 Å². The molecule has 0 aromatic carbocycles. The van der Waals surface area contributed by atoms with Crippen LogP contribution in [0.25, 0.3) is 0 Å². The van der Waals surface area contributed by atoms with Gasteiger partial charge in [0.15, 0.2) is 5.78 Å². The molecule has 0 bridgehead atoms. The van der Waals surface area contributed by atoms with E-state index in [0.29, 0.717) is 12.3 Å². The van der Waals surface area contributed by atoms with E-state index in [0.717, 1.165) is 15.8 Å². The fraction of sp³-hybridized carbons (Fsp3) is 0.500. The third kappa shape index (κ3) is 2.92. The summed E-state index contributed by atoms with van der Waals surface area (Å²) in [5.41, 5.74) is 0. The van der Waals surface area contributed by atoms with Gasteiger partial charge < -0.3 is 0 Å². The largest absolute Gasteiger partial charge is 0.293 e. The third-order valence-corrected chi connectivity index (χ3v) is 3.98. The second kappa shape index (κ2) is 4.91.